The number of nitrogen functional groups attached to an aromatic ring is 1. The Labute approximate surface area is 167 Å². The zero-order valence-electron chi connectivity index (χ0n) is 15.6. The fourth-order valence-corrected chi connectivity index (χ4v) is 2.81. The molecule has 0 aliphatic carbocycles. The Balaban J connectivity index is 1.80. The molecule has 3 aromatic rings. The number of aromatic nitrogens is 1. The Morgan fingerprint density at radius 3 is 2.64 bits per heavy atom. The van der Waals surface area contributed by atoms with Crippen LogP contribution >= 0.6 is 11.6 Å². The number of pyridine rings is 1. The second kappa shape index (κ2) is 8.63. The van der Waals surface area contributed by atoms with Crippen LogP contribution in [0.25, 0.3) is 0 Å². The van der Waals surface area contributed by atoms with E-state index >= 15 is 0 Å². The van der Waals surface area contributed by atoms with Crippen LogP contribution in [0.2, 0.25) is 5.02 Å². The van der Waals surface area contributed by atoms with Crippen molar-refractivity contribution in [2.45, 2.75) is 13.5 Å². The summed E-state index contributed by atoms with van der Waals surface area (Å²) in [6.45, 7) is 2.12. The van der Waals surface area contributed by atoms with Gasteiger partial charge in [0.2, 0.25) is 0 Å². The van der Waals surface area contributed by atoms with Crippen LogP contribution in [0, 0.1) is 6.92 Å². The summed E-state index contributed by atoms with van der Waals surface area (Å²) in [7, 11) is 1.56. The van der Waals surface area contributed by atoms with Gasteiger partial charge in [-0.2, -0.15) is 9.78 Å². The smallest absolute Gasteiger partial charge is 0.273 e. The number of anilines is 1. The average Bonchev–Trinajstić information content (AvgIpc) is 2.67. The summed E-state index contributed by atoms with van der Waals surface area (Å²) in [5.41, 5.74) is 7.97. The molecule has 0 amide bonds. The Bertz CT molecular complexity index is 1080. The fourth-order valence-electron chi connectivity index (χ4n) is 2.62. The molecule has 0 unspecified atom stereocenters. The number of nitrogens with zero attached hydrogens (tertiary/aromatic N) is 2. The number of ether oxygens (including phenoxy) is 2. The molecule has 0 saturated heterocycles. The Morgan fingerprint density at radius 2 is 1.93 bits per heavy atom. The summed E-state index contributed by atoms with van der Waals surface area (Å²) in [6, 6.07) is 16.0. The monoisotopic (exact) mass is 397 g/mol. The molecular weight excluding hydrogens is 378 g/mol. The Hall–Kier alpha value is -3.25. The van der Waals surface area contributed by atoms with Crippen LogP contribution in [0.3, 0.4) is 0 Å². The minimum Gasteiger partial charge on any atom is -0.493 e. The molecule has 0 fully saturated rings. The highest BCUT2D eigenvalue weighted by atomic mass is 35.5. The summed E-state index contributed by atoms with van der Waals surface area (Å²) >= 11 is 6.16. The van der Waals surface area contributed by atoms with Crippen LogP contribution in [-0.2, 0) is 6.61 Å². The van der Waals surface area contributed by atoms with Gasteiger partial charge in [-0.15, -0.1) is 0 Å². The molecule has 0 saturated carbocycles. The number of benzene rings is 2. The van der Waals surface area contributed by atoms with Gasteiger partial charge in [0.1, 0.15) is 12.4 Å². The standard InChI is InChI=1S/C21H20ClN3O3/c1-14-9-20(23)25(21(26)10-14)24-12-15-7-8-18(19(11-15)27-2)28-13-16-5-3-4-6-17(16)22/h3-12H,13,23H2,1-2H3/b24-12-. The van der Waals surface area contributed by atoms with Crippen LogP contribution in [0.15, 0.2) is 64.5 Å². The zero-order valence-corrected chi connectivity index (χ0v) is 16.3. The molecule has 2 N–H and O–H groups in total. The van der Waals surface area contributed by atoms with E-state index in [2.05, 4.69) is 5.10 Å². The van der Waals surface area contributed by atoms with E-state index in [1.54, 1.807) is 32.2 Å². The van der Waals surface area contributed by atoms with Crippen molar-refractivity contribution in [1.29, 1.82) is 0 Å². The summed E-state index contributed by atoms with van der Waals surface area (Å²) < 4.78 is 12.4. The van der Waals surface area contributed by atoms with Gasteiger partial charge in [-0.05, 0) is 48.4 Å². The molecule has 0 aliphatic heterocycles. The van der Waals surface area contributed by atoms with E-state index in [-0.39, 0.29) is 11.4 Å². The Kier molecular flexibility index (Phi) is 6.01. The summed E-state index contributed by atoms with van der Waals surface area (Å²) in [4.78, 5) is 12.0. The van der Waals surface area contributed by atoms with Gasteiger partial charge >= 0.3 is 0 Å². The fraction of sp³-hybridized carbons (Fsp3) is 0.143. The predicted molar refractivity (Wildman–Crippen MR) is 112 cm³/mol. The van der Waals surface area contributed by atoms with Gasteiger partial charge in [-0.25, -0.2) is 0 Å². The number of aryl methyl sites for hydroxylation is 1. The van der Waals surface area contributed by atoms with E-state index < -0.39 is 0 Å². The van der Waals surface area contributed by atoms with Crippen molar-refractivity contribution in [1.82, 2.24) is 4.68 Å². The topological polar surface area (TPSA) is 78.8 Å². The van der Waals surface area contributed by atoms with E-state index in [0.29, 0.717) is 23.1 Å². The number of hydrogen-bond acceptors (Lipinski definition) is 5. The van der Waals surface area contributed by atoms with E-state index in [0.717, 1.165) is 21.4 Å². The van der Waals surface area contributed by atoms with Crippen molar-refractivity contribution >= 4 is 23.6 Å². The van der Waals surface area contributed by atoms with Gasteiger partial charge in [-0.3, -0.25) is 4.79 Å². The zero-order chi connectivity index (χ0) is 20.1. The summed E-state index contributed by atoms with van der Waals surface area (Å²) in [5, 5.41) is 4.81. The molecule has 7 heteroatoms. The molecule has 0 radical (unpaired) electrons. The molecule has 144 valence electrons. The predicted octanol–water partition coefficient (Wildman–Crippen LogP) is 3.86. The largest absolute Gasteiger partial charge is 0.493 e. The SMILES string of the molecule is COc1cc(/C=N\n2c(N)cc(C)cc2=O)ccc1OCc1ccccc1Cl. The Morgan fingerprint density at radius 1 is 1.14 bits per heavy atom. The molecule has 3 rings (SSSR count). The highest BCUT2D eigenvalue weighted by Gasteiger charge is 2.07. The average molecular weight is 398 g/mol. The summed E-state index contributed by atoms with van der Waals surface area (Å²) in [6.07, 6.45) is 1.54. The molecule has 0 atom stereocenters. The first kappa shape index (κ1) is 19.5. The third kappa shape index (κ3) is 4.53. The van der Waals surface area contributed by atoms with Gasteiger partial charge < -0.3 is 15.2 Å². The minimum absolute atomic E-state index is 0.271. The maximum atomic E-state index is 12.0. The van der Waals surface area contributed by atoms with Crippen molar-refractivity contribution in [3.05, 3.63) is 86.7 Å². The number of halogens is 1. The minimum atomic E-state index is -0.291. The van der Waals surface area contributed by atoms with E-state index in [9.17, 15) is 4.79 Å². The molecule has 0 aliphatic rings. The lowest BCUT2D eigenvalue weighted by molar-refractivity contribution is 0.284. The molecule has 0 bridgehead atoms. The van der Waals surface area contributed by atoms with Gasteiger partial charge in [0.25, 0.3) is 5.56 Å². The van der Waals surface area contributed by atoms with Crippen molar-refractivity contribution in [3.8, 4) is 11.5 Å². The van der Waals surface area contributed by atoms with Gasteiger partial charge in [0.05, 0.1) is 13.3 Å². The lowest BCUT2D eigenvalue weighted by Crippen LogP contribution is -2.19. The van der Waals surface area contributed by atoms with Crippen LogP contribution in [0.5, 0.6) is 11.5 Å². The first-order chi connectivity index (χ1) is 13.5. The van der Waals surface area contributed by atoms with Gasteiger partial charge in [-0.1, -0.05) is 29.8 Å². The highest BCUT2D eigenvalue weighted by Crippen LogP contribution is 2.29. The molecule has 2 aromatic carbocycles. The molecule has 0 spiro atoms. The van der Waals surface area contributed by atoms with E-state index in [1.165, 1.54) is 12.3 Å². The third-order valence-corrected chi connectivity index (χ3v) is 4.40. The maximum Gasteiger partial charge on any atom is 0.273 e. The lowest BCUT2D eigenvalue weighted by atomic mass is 10.2. The van der Waals surface area contributed by atoms with E-state index in [1.807, 2.05) is 30.3 Å². The van der Waals surface area contributed by atoms with Crippen molar-refractivity contribution in [2.75, 3.05) is 12.8 Å². The number of hydrogen-bond donors (Lipinski definition) is 1. The molecule has 1 heterocycles. The molecule has 6 nitrogen and oxygen atoms in total. The molecule has 1 aromatic heterocycles. The van der Waals surface area contributed by atoms with Crippen LogP contribution < -0.4 is 20.8 Å². The third-order valence-electron chi connectivity index (χ3n) is 4.03. The van der Waals surface area contributed by atoms with Crippen molar-refractivity contribution < 1.29 is 9.47 Å². The normalized spacial score (nSPS) is 11.0. The number of methoxy groups -OCH3 is 1. The maximum absolute atomic E-state index is 12.0. The molecule has 28 heavy (non-hydrogen) atoms. The van der Waals surface area contributed by atoms with Crippen molar-refractivity contribution in [2.24, 2.45) is 5.10 Å². The quantitative estimate of drug-likeness (QED) is 0.640. The van der Waals surface area contributed by atoms with Crippen LogP contribution in [0.1, 0.15) is 16.7 Å². The number of rotatable bonds is 6. The van der Waals surface area contributed by atoms with Crippen LogP contribution in [-0.4, -0.2) is 18.0 Å². The van der Waals surface area contributed by atoms with E-state index in [4.69, 9.17) is 26.8 Å². The second-order valence-electron chi connectivity index (χ2n) is 6.14. The van der Waals surface area contributed by atoms with Gasteiger partial charge in [0.15, 0.2) is 11.5 Å². The molecular formula is C21H20ClN3O3. The highest BCUT2D eigenvalue weighted by molar-refractivity contribution is 6.31. The van der Waals surface area contributed by atoms with Gasteiger partial charge in [0, 0.05) is 16.7 Å². The van der Waals surface area contributed by atoms with Crippen molar-refractivity contribution in [3.63, 3.8) is 0 Å². The second-order valence-corrected chi connectivity index (χ2v) is 6.55. The van der Waals surface area contributed by atoms with Crippen LogP contribution in [0.4, 0.5) is 5.82 Å². The number of nitrogens with two attached hydrogens (primary N) is 1. The first-order valence-electron chi connectivity index (χ1n) is 8.55. The lowest BCUT2D eigenvalue weighted by Gasteiger charge is -2.12. The first-order valence-corrected chi connectivity index (χ1v) is 8.93. The summed E-state index contributed by atoms with van der Waals surface area (Å²) in [5.74, 6) is 1.39.